The first-order valence-corrected chi connectivity index (χ1v) is 6.28. The summed E-state index contributed by atoms with van der Waals surface area (Å²) in [4.78, 5) is 3.95. The number of hydrogen-bond donors (Lipinski definition) is 1. The molecule has 0 aliphatic rings. The molecule has 1 N–H and O–H groups in total. The SMILES string of the molecule is FC(F)(F)CC(NCc1cccnc1)c1ccccc1. The normalized spacial score (nSPS) is 13.2. The average Bonchev–Trinajstić information content (AvgIpc) is 2.44. The number of benzene rings is 1. The zero-order valence-electron chi connectivity index (χ0n) is 10.8. The Kier molecular flexibility index (Phi) is 4.74. The molecule has 0 saturated heterocycles. The number of halogens is 3. The molecule has 0 spiro atoms. The number of nitrogens with zero attached hydrogens (tertiary/aromatic N) is 1. The molecule has 0 saturated carbocycles. The highest BCUT2D eigenvalue weighted by Gasteiger charge is 2.32. The molecule has 1 aromatic heterocycles. The maximum Gasteiger partial charge on any atom is 0.390 e. The lowest BCUT2D eigenvalue weighted by atomic mass is 10.0. The third-order valence-corrected chi connectivity index (χ3v) is 2.91. The van der Waals surface area contributed by atoms with Gasteiger partial charge in [-0.2, -0.15) is 13.2 Å². The van der Waals surface area contributed by atoms with E-state index in [1.807, 2.05) is 6.07 Å². The fourth-order valence-electron chi connectivity index (χ4n) is 1.97. The Labute approximate surface area is 115 Å². The molecule has 0 radical (unpaired) electrons. The van der Waals surface area contributed by atoms with E-state index < -0.39 is 18.6 Å². The minimum Gasteiger partial charge on any atom is -0.305 e. The van der Waals surface area contributed by atoms with Gasteiger partial charge in [-0.3, -0.25) is 4.98 Å². The van der Waals surface area contributed by atoms with E-state index in [1.54, 1.807) is 48.8 Å². The van der Waals surface area contributed by atoms with E-state index in [1.165, 1.54) is 0 Å². The molecule has 0 amide bonds. The molecule has 0 aliphatic heterocycles. The molecule has 5 heteroatoms. The average molecular weight is 280 g/mol. The molecule has 0 fully saturated rings. The van der Waals surface area contributed by atoms with Crippen molar-refractivity contribution in [2.45, 2.75) is 25.2 Å². The molecule has 2 aromatic rings. The first-order valence-electron chi connectivity index (χ1n) is 6.28. The van der Waals surface area contributed by atoms with Crippen LogP contribution in [0.1, 0.15) is 23.6 Å². The summed E-state index contributed by atoms with van der Waals surface area (Å²) in [5, 5.41) is 2.95. The summed E-state index contributed by atoms with van der Waals surface area (Å²) in [6.07, 6.45) is -1.82. The lowest BCUT2D eigenvalue weighted by Gasteiger charge is -2.20. The molecule has 1 atom stereocenters. The van der Waals surface area contributed by atoms with Crippen molar-refractivity contribution in [3.63, 3.8) is 0 Å². The number of nitrogens with one attached hydrogen (secondary N) is 1. The van der Waals surface area contributed by atoms with E-state index in [0.717, 1.165) is 5.56 Å². The van der Waals surface area contributed by atoms with Crippen LogP contribution in [0.2, 0.25) is 0 Å². The number of aromatic nitrogens is 1. The van der Waals surface area contributed by atoms with Crippen LogP contribution in [0, 0.1) is 0 Å². The van der Waals surface area contributed by atoms with Crippen molar-refractivity contribution in [3.8, 4) is 0 Å². The van der Waals surface area contributed by atoms with Gasteiger partial charge in [0.05, 0.1) is 6.42 Å². The smallest absolute Gasteiger partial charge is 0.305 e. The van der Waals surface area contributed by atoms with Crippen LogP contribution < -0.4 is 5.32 Å². The Morgan fingerprint density at radius 2 is 1.80 bits per heavy atom. The highest BCUT2D eigenvalue weighted by Crippen LogP contribution is 2.29. The van der Waals surface area contributed by atoms with Crippen molar-refractivity contribution in [2.75, 3.05) is 0 Å². The second kappa shape index (κ2) is 6.52. The molecule has 0 aliphatic carbocycles. The molecule has 2 nitrogen and oxygen atoms in total. The van der Waals surface area contributed by atoms with Crippen LogP contribution in [0.5, 0.6) is 0 Å². The maximum absolute atomic E-state index is 12.7. The van der Waals surface area contributed by atoms with Crippen molar-refractivity contribution in [2.24, 2.45) is 0 Å². The summed E-state index contributed by atoms with van der Waals surface area (Å²) < 4.78 is 38.0. The summed E-state index contributed by atoms with van der Waals surface area (Å²) >= 11 is 0. The summed E-state index contributed by atoms with van der Waals surface area (Å²) in [7, 11) is 0. The van der Waals surface area contributed by atoms with Gasteiger partial charge in [-0.1, -0.05) is 36.4 Å². The predicted octanol–water partition coefficient (Wildman–Crippen LogP) is 3.86. The molecule has 20 heavy (non-hydrogen) atoms. The lowest BCUT2D eigenvalue weighted by Crippen LogP contribution is -2.26. The van der Waals surface area contributed by atoms with Crippen LogP contribution >= 0.6 is 0 Å². The predicted molar refractivity (Wildman–Crippen MR) is 70.9 cm³/mol. The van der Waals surface area contributed by atoms with E-state index in [2.05, 4.69) is 10.3 Å². The van der Waals surface area contributed by atoms with Crippen molar-refractivity contribution in [1.82, 2.24) is 10.3 Å². The standard InChI is InChI=1S/C15H15F3N2/c16-15(17,18)9-14(13-6-2-1-3-7-13)20-11-12-5-4-8-19-10-12/h1-8,10,14,20H,9,11H2. The number of rotatable bonds is 5. The van der Waals surface area contributed by atoms with Crippen molar-refractivity contribution in [1.29, 1.82) is 0 Å². The Morgan fingerprint density at radius 1 is 1.05 bits per heavy atom. The van der Waals surface area contributed by atoms with Gasteiger partial charge in [0, 0.05) is 25.0 Å². The zero-order chi connectivity index (χ0) is 14.4. The molecule has 1 unspecified atom stereocenters. The topological polar surface area (TPSA) is 24.9 Å². The van der Waals surface area contributed by atoms with Crippen LogP contribution in [0.4, 0.5) is 13.2 Å². The molecule has 2 rings (SSSR count). The second-order valence-corrected chi connectivity index (χ2v) is 4.52. The van der Waals surface area contributed by atoms with Gasteiger partial charge in [-0.15, -0.1) is 0 Å². The summed E-state index contributed by atoms with van der Waals surface area (Å²) in [5.41, 5.74) is 1.49. The minimum absolute atomic E-state index is 0.351. The quantitative estimate of drug-likeness (QED) is 0.899. The van der Waals surface area contributed by atoms with Gasteiger partial charge in [-0.05, 0) is 17.2 Å². The van der Waals surface area contributed by atoms with Gasteiger partial charge in [0.15, 0.2) is 0 Å². The Bertz CT molecular complexity index is 512. The number of hydrogen-bond acceptors (Lipinski definition) is 2. The molecule has 1 aromatic carbocycles. The Morgan fingerprint density at radius 3 is 2.40 bits per heavy atom. The summed E-state index contributed by atoms with van der Waals surface area (Å²) in [6.45, 7) is 0.351. The second-order valence-electron chi connectivity index (χ2n) is 4.52. The van der Waals surface area contributed by atoms with Crippen molar-refractivity contribution < 1.29 is 13.2 Å². The van der Waals surface area contributed by atoms with Crippen LogP contribution in [-0.4, -0.2) is 11.2 Å². The van der Waals surface area contributed by atoms with E-state index in [0.29, 0.717) is 12.1 Å². The first-order chi connectivity index (χ1) is 9.54. The van der Waals surface area contributed by atoms with Gasteiger partial charge in [-0.25, -0.2) is 0 Å². The van der Waals surface area contributed by atoms with Crippen LogP contribution in [0.25, 0.3) is 0 Å². The van der Waals surface area contributed by atoms with E-state index in [4.69, 9.17) is 0 Å². The van der Waals surface area contributed by atoms with Crippen LogP contribution in [0.15, 0.2) is 54.9 Å². The Hall–Kier alpha value is -1.88. The summed E-state index contributed by atoms with van der Waals surface area (Å²) in [5.74, 6) is 0. The van der Waals surface area contributed by atoms with Gasteiger partial charge >= 0.3 is 6.18 Å². The molecule has 0 bridgehead atoms. The third-order valence-electron chi connectivity index (χ3n) is 2.91. The fraction of sp³-hybridized carbons (Fsp3) is 0.267. The highest BCUT2D eigenvalue weighted by molar-refractivity contribution is 5.19. The molecular formula is C15H15F3N2. The van der Waals surface area contributed by atoms with Gasteiger partial charge < -0.3 is 5.32 Å². The fourth-order valence-corrected chi connectivity index (χ4v) is 1.97. The van der Waals surface area contributed by atoms with Gasteiger partial charge in [0.25, 0.3) is 0 Å². The van der Waals surface area contributed by atoms with Crippen LogP contribution in [0.3, 0.4) is 0 Å². The number of pyridine rings is 1. The first kappa shape index (κ1) is 14.5. The van der Waals surface area contributed by atoms with Gasteiger partial charge in [0.2, 0.25) is 0 Å². The van der Waals surface area contributed by atoms with E-state index in [9.17, 15) is 13.2 Å². The minimum atomic E-state index is -4.21. The maximum atomic E-state index is 12.7. The van der Waals surface area contributed by atoms with E-state index >= 15 is 0 Å². The highest BCUT2D eigenvalue weighted by atomic mass is 19.4. The largest absolute Gasteiger partial charge is 0.390 e. The number of alkyl halides is 3. The monoisotopic (exact) mass is 280 g/mol. The van der Waals surface area contributed by atoms with Crippen molar-refractivity contribution in [3.05, 3.63) is 66.0 Å². The zero-order valence-corrected chi connectivity index (χ0v) is 10.8. The van der Waals surface area contributed by atoms with Crippen molar-refractivity contribution >= 4 is 0 Å². The van der Waals surface area contributed by atoms with Crippen LogP contribution in [-0.2, 0) is 6.54 Å². The van der Waals surface area contributed by atoms with E-state index in [-0.39, 0.29) is 0 Å². The third kappa shape index (κ3) is 4.66. The summed E-state index contributed by atoms with van der Waals surface area (Å²) in [6, 6.07) is 11.5. The molecule has 1 heterocycles. The Balaban J connectivity index is 2.07. The lowest BCUT2D eigenvalue weighted by molar-refractivity contribution is -0.140. The van der Waals surface area contributed by atoms with Gasteiger partial charge in [0.1, 0.15) is 0 Å². The molecule has 106 valence electrons. The molecular weight excluding hydrogens is 265 g/mol.